The van der Waals surface area contributed by atoms with Crippen molar-refractivity contribution in [3.05, 3.63) is 76.4 Å². The smallest absolute Gasteiger partial charge is 0.334 e. The molecule has 0 saturated heterocycles. The number of non-ortho nitro benzene ring substituents is 1. The summed E-state index contributed by atoms with van der Waals surface area (Å²) in [5.74, 6) is 0.202. The largest absolute Gasteiger partial charge is 0.466 e. The van der Waals surface area contributed by atoms with Gasteiger partial charge in [-0.05, 0) is 24.3 Å². The molecule has 112 valence electrons. The summed E-state index contributed by atoms with van der Waals surface area (Å²) in [7, 11) is 1.26. The molecule has 0 aliphatic heterocycles. The van der Waals surface area contributed by atoms with Crippen molar-refractivity contribution in [1.29, 1.82) is 0 Å². The minimum Gasteiger partial charge on any atom is -0.466 e. The van der Waals surface area contributed by atoms with E-state index in [-0.39, 0.29) is 11.4 Å². The van der Waals surface area contributed by atoms with Gasteiger partial charge in [0.25, 0.3) is 5.69 Å². The topological polar surface area (TPSA) is 78.7 Å². The molecule has 6 heteroatoms. The van der Waals surface area contributed by atoms with Crippen molar-refractivity contribution in [1.82, 2.24) is 0 Å². The lowest BCUT2D eigenvalue weighted by atomic mass is 10.1. The van der Waals surface area contributed by atoms with Gasteiger partial charge < -0.3 is 9.47 Å². The molecular weight excluding hydrogens is 286 g/mol. The Labute approximate surface area is 126 Å². The zero-order chi connectivity index (χ0) is 15.9. The average molecular weight is 299 g/mol. The number of nitro groups is 1. The van der Waals surface area contributed by atoms with E-state index >= 15 is 0 Å². The molecule has 2 aromatic carbocycles. The lowest BCUT2D eigenvalue weighted by molar-refractivity contribution is -0.384. The molecule has 22 heavy (non-hydrogen) atoms. The third kappa shape index (κ3) is 3.92. The Morgan fingerprint density at radius 3 is 2.27 bits per heavy atom. The first kappa shape index (κ1) is 15.2. The van der Waals surface area contributed by atoms with E-state index in [1.807, 2.05) is 6.07 Å². The molecule has 0 aromatic heterocycles. The van der Waals surface area contributed by atoms with E-state index in [2.05, 4.69) is 4.74 Å². The maximum Gasteiger partial charge on any atom is 0.334 e. The van der Waals surface area contributed by atoms with Crippen LogP contribution in [0.5, 0.6) is 5.75 Å². The lowest BCUT2D eigenvalue weighted by Gasteiger charge is -2.10. The molecule has 0 bridgehead atoms. The number of nitro benzene ring substituents is 1. The van der Waals surface area contributed by atoms with Gasteiger partial charge in [-0.25, -0.2) is 4.79 Å². The van der Waals surface area contributed by atoms with Gasteiger partial charge in [0.1, 0.15) is 11.5 Å². The van der Waals surface area contributed by atoms with Crippen LogP contribution >= 0.6 is 0 Å². The highest BCUT2D eigenvalue weighted by molar-refractivity contribution is 5.90. The highest BCUT2D eigenvalue weighted by atomic mass is 16.6. The summed E-state index contributed by atoms with van der Waals surface area (Å²) < 4.78 is 10.3. The Balaban J connectivity index is 2.34. The van der Waals surface area contributed by atoms with Crippen LogP contribution in [-0.2, 0) is 9.53 Å². The van der Waals surface area contributed by atoms with Crippen molar-refractivity contribution in [3.63, 3.8) is 0 Å². The Hall–Kier alpha value is -3.15. The molecule has 0 N–H and O–H groups in total. The molecule has 0 heterocycles. The maximum absolute atomic E-state index is 11.5. The van der Waals surface area contributed by atoms with Gasteiger partial charge in [0.05, 0.1) is 18.1 Å². The summed E-state index contributed by atoms with van der Waals surface area (Å²) in [5.41, 5.74) is 0.487. The lowest BCUT2D eigenvalue weighted by Crippen LogP contribution is -2.02. The molecule has 0 unspecified atom stereocenters. The molecular formula is C16H13NO5. The van der Waals surface area contributed by atoms with Crippen LogP contribution in [0, 0.1) is 10.1 Å². The van der Waals surface area contributed by atoms with Crippen molar-refractivity contribution in [2.75, 3.05) is 7.11 Å². The summed E-state index contributed by atoms with van der Waals surface area (Å²) in [6.07, 6.45) is 1.19. The van der Waals surface area contributed by atoms with Gasteiger partial charge in [0.2, 0.25) is 0 Å². The Morgan fingerprint density at radius 1 is 1.09 bits per heavy atom. The van der Waals surface area contributed by atoms with E-state index in [0.717, 1.165) is 0 Å². The van der Waals surface area contributed by atoms with Crippen LogP contribution < -0.4 is 4.74 Å². The number of carbonyl (C=O) groups is 1. The second-order valence-electron chi connectivity index (χ2n) is 4.25. The first-order valence-corrected chi connectivity index (χ1v) is 6.37. The molecule has 0 radical (unpaired) electrons. The van der Waals surface area contributed by atoms with Gasteiger partial charge >= 0.3 is 5.97 Å². The zero-order valence-electron chi connectivity index (χ0n) is 11.8. The van der Waals surface area contributed by atoms with Gasteiger partial charge in [-0.3, -0.25) is 10.1 Å². The van der Waals surface area contributed by atoms with Gasteiger partial charge in [0, 0.05) is 17.7 Å². The summed E-state index contributed by atoms with van der Waals surface area (Å²) in [6, 6.07) is 14.6. The fourth-order valence-corrected chi connectivity index (χ4v) is 1.70. The monoisotopic (exact) mass is 299 g/mol. The normalized spacial score (nSPS) is 10.9. The minimum absolute atomic E-state index is 0.0409. The molecule has 0 aliphatic rings. The third-order valence-corrected chi connectivity index (χ3v) is 2.78. The molecule has 6 nitrogen and oxygen atoms in total. The van der Waals surface area contributed by atoms with Crippen LogP contribution in [0.3, 0.4) is 0 Å². The van der Waals surface area contributed by atoms with E-state index in [4.69, 9.17) is 4.74 Å². The van der Waals surface area contributed by atoms with Crippen LogP contribution in [-0.4, -0.2) is 18.0 Å². The Morgan fingerprint density at radius 2 is 1.73 bits per heavy atom. The number of para-hydroxylation sites is 1. The quantitative estimate of drug-likeness (QED) is 0.278. The second kappa shape index (κ2) is 7.03. The van der Waals surface area contributed by atoms with Crippen molar-refractivity contribution in [2.24, 2.45) is 0 Å². The molecule has 0 saturated carbocycles. The van der Waals surface area contributed by atoms with Crippen LogP contribution in [0.1, 0.15) is 5.56 Å². The molecule has 2 aromatic rings. The highest BCUT2D eigenvalue weighted by Crippen LogP contribution is 2.23. The van der Waals surface area contributed by atoms with Crippen molar-refractivity contribution in [3.8, 4) is 5.75 Å². The number of rotatable bonds is 5. The summed E-state index contributed by atoms with van der Waals surface area (Å²) >= 11 is 0. The second-order valence-corrected chi connectivity index (χ2v) is 4.25. The fourth-order valence-electron chi connectivity index (χ4n) is 1.70. The summed E-state index contributed by atoms with van der Waals surface area (Å²) in [6.45, 7) is 0. The number of hydrogen-bond acceptors (Lipinski definition) is 5. The van der Waals surface area contributed by atoms with Crippen molar-refractivity contribution in [2.45, 2.75) is 0 Å². The van der Waals surface area contributed by atoms with Crippen LogP contribution in [0.15, 0.2) is 60.7 Å². The number of ether oxygens (including phenoxy) is 2. The van der Waals surface area contributed by atoms with Gasteiger partial charge in [-0.1, -0.05) is 18.2 Å². The molecule has 0 spiro atoms. The Kier molecular flexibility index (Phi) is 4.87. The minimum atomic E-state index is -0.579. The van der Waals surface area contributed by atoms with E-state index < -0.39 is 10.9 Å². The van der Waals surface area contributed by atoms with Crippen molar-refractivity contribution >= 4 is 17.4 Å². The molecule has 2 rings (SSSR count). The average Bonchev–Trinajstić information content (AvgIpc) is 2.55. The van der Waals surface area contributed by atoms with E-state index in [1.54, 1.807) is 24.3 Å². The van der Waals surface area contributed by atoms with Gasteiger partial charge in [-0.15, -0.1) is 0 Å². The zero-order valence-corrected chi connectivity index (χ0v) is 11.8. The number of nitrogens with zero attached hydrogens (tertiary/aromatic N) is 1. The first-order valence-electron chi connectivity index (χ1n) is 6.37. The summed E-state index contributed by atoms with van der Waals surface area (Å²) in [4.78, 5) is 21.7. The predicted molar refractivity (Wildman–Crippen MR) is 80.2 cm³/mol. The SMILES string of the molecule is COC(=O)/C=C(/Oc1ccccc1)c1ccc([N+](=O)[O-])cc1. The first-order chi connectivity index (χ1) is 10.6. The van der Waals surface area contributed by atoms with Crippen LogP contribution in [0.25, 0.3) is 5.76 Å². The molecule has 0 aliphatic carbocycles. The van der Waals surface area contributed by atoms with E-state index in [1.165, 1.54) is 37.5 Å². The molecule has 0 amide bonds. The van der Waals surface area contributed by atoms with Crippen LogP contribution in [0.2, 0.25) is 0 Å². The van der Waals surface area contributed by atoms with Gasteiger partial charge in [-0.2, -0.15) is 0 Å². The van der Waals surface area contributed by atoms with Crippen LogP contribution in [0.4, 0.5) is 5.69 Å². The van der Waals surface area contributed by atoms with E-state index in [9.17, 15) is 14.9 Å². The third-order valence-electron chi connectivity index (χ3n) is 2.78. The predicted octanol–water partition coefficient (Wildman–Crippen LogP) is 3.19. The Bertz CT molecular complexity index is 692. The molecule has 0 atom stereocenters. The number of carbonyl (C=O) groups excluding carboxylic acids is 1. The molecule has 0 fully saturated rings. The fraction of sp³-hybridized carbons (Fsp3) is 0.0625. The maximum atomic E-state index is 11.5. The number of methoxy groups -OCH3 is 1. The standard InChI is InChI=1S/C16H13NO5/c1-21-16(18)11-15(22-14-5-3-2-4-6-14)12-7-9-13(10-8-12)17(19)20/h2-11H,1H3/b15-11+. The highest BCUT2D eigenvalue weighted by Gasteiger charge is 2.11. The number of hydrogen-bond donors (Lipinski definition) is 0. The van der Waals surface area contributed by atoms with Gasteiger partial charge in [0.15, 0.2) is 0 Å². The summed E-state index contributed by atoms with van der Waals surface area (Å²) in [5, 5.41) is 10.7. The van der Waals surface area contributed by atoms with E-state index in [0.29, 0.717) is 11.3 Å². The number of benzene rings is 2. The van der Waals surface area contributed by atoms with Crippen molar-refractivity contribution < 1.29 is 19.2 Å². The number of esters is 1.